The molecule has 2 aliphatic rings. The quantitative estimate of drug-likeness (QED) is 0.766. The summed E-state index contributed by atoms with van der Waals surface area (Å²) in [6.45, 7) is 4.00. The molecule has 8 nitrogen and oxygen atoms in total. The van der Waals surface area contributed by atoms with E-state index >= 15 is 0 Å². The van der Waals surface area contributed by atoms with E-state index in [1.54, 1.807) is 44.3 Å². The maximum absolute atomic E-state index is 13.7. The van der Waals surface area contributed by atoms with Crippen LogP contribution in [-0.4, -0.2) is 30.6 Å². The number of carbonyl (C=O) groups is 2. The van der Waals surface area contributed by atoms with Crippen molar-refractivity contribution in [2.24, 2.45) is 5.73 Å². The summed E-state index contributed by atoms with van der Waals surface area (Å²) in [5, 5.41) is 0. The smallest absolute Gasteiger partial charge is 0.340 e. The number of rotatable bonds is 2. The van der Waals surface area contributed by atoms with Crippen LogP contribution in [0.2, 0.25) is 0 Å². The molecule has 0 bridgehead atoms. The molecule has 0 saturated heterocycles. The Morgan fingerprint density at radius 3 is 2.62 bits per heavy atom. The number of pyridine rings is 1. The van der Waals surface area contributed by atoms with Crippen molar-refractivity contribution in [1.82, 2.24) is 4.57 Å². The van der Waals surface area contributed by atoms with Gasteiger partial charge < -0.3 is 24.7 Å². The number of aryl methyl sites for hydroxylation is 1. The average Bonchev–Trinajstić information content (AvgIpc) is 2.90. The zero-order chi connectivity index (χ0) is 21.1. The number of nitrogens with zero attached hydrogens (tertiary/aromatic N) is 2. The van der Waals surface area contributed by atoms with Gasteiger partial charge in [-0.25, -0.2) is 4.79 Å². The van der Waals surface area contributed by atoms with Crippen molar-refractivity contribution in [3.8, 4) is 5.75 Å². The molecule has 1 aromatic carbocycles. The second-order valence-corrected chi connectivity index (χ2v) is 7.04. The maximum Gasteiger partial charge on any atom is 0.340 e. The fourth-order valence-corrected chi connectivity index (χ4v) is 4.44. The summed E-state index contributed by atoms with van der Waals surface area (Å²) in [6.07, 6.45) is 0. The van der Waals surface area contributed by atoms with Crippen LogP contribution in [0.3, 0.4) is 0 Å². The van der Waals surface area contributed by atoms with Gasteiger partial charge in [0.25, 0.3) is 5.56 Å². The summed E-state index contributed by atoms with van der Waals surface area (Å²) in [6, 6.07) is 8.68. The molecule has 8 heteroatoms. The van der Waals surface area contributed by atoms with Crippen LogP contribution < -0.4 is 20.9 Å². The molecule has 1 unspecified atom stereocenters. The topological polar surface area (TPSA) is 104 Å². The minimum Gasteiger partial charge on any atom is -0.465 e. The van der Waals surface area contributed by atoms with Crippen molar-refractivity contribution < 1.29 is 19.1 Å². The summed E-state index contributed by atoms with van der Waals surface area (Å²) in [4.78, 5) is 41.5. The molecule has 2 aromatic rings. The van der Waals surface area contributed by atoms with Gasteiger partial charge in [0.05, 0.1) is 12.7 Å². The van der Waals surface area contributed by atoms with E-state index < -0.39 is 22.9 Å². The van der Waals surface area contributed by atoms with E-state index in [0.29, 0.717) is 23.5 Å². The molecular weight excluding hydrogens is 374 g/mol. The van der Waals surface area contributed by atoms with Crippen molar-refractivity contribution >= 4 is 17.6 Å². The molecule has 150 valence electrons. The molecule has 29 heavy (non-hydrogen) atoms. The lowest BCUT2D eigenvalue weighted by Crippen LogP contribution is -2.51. The SMILES string of the molecule is CCn1c(C)cc2c(c1=O)C1(C(=O)N(C)c3ccccc31)C(C(=O)OC)=C(N)O2. The molecule has 1 aromatic heterocycles. The standard InChI is InChI=1S/C21H21N3O5/c1-5-24-11(2)10-14-15(18(24)25)21(16(17(22)29-14)19(26)28-4)12-8-6-7-9-13(12)23(3)20(21)27/h6-10H,5,22H2,1-4H3. The lowest BCUT2D eigenvalue weighted by molar-refractivity contribution is -0.138. The first-order valence-corrected chi connectivity index (χ1v) is 9.19. The number of hydrogen-bond donors (Lipinski definition) is 1. The lowest BCUT2D eigenvalue weighted by atomic mass is 9.68. The highest BCUT2D eigenvalue weighted by Crippen LogP contribution is 2.54. The Morgan fingerprint density at radius 2 is 1.97 bits per heavy atom. The zero-order valence-corrected chi connectivity index (χ0v) is 16.6. The average molecular weight is 395 g/mol. The van der Waals surface area contributed by atoms with E-state index in [1.807, 2.05) is 6.92 Å². The number of carbonyl (C=O) groups excluding carboxylic acids is 2. The first-order chi connectivity index (χ1) is 13.8. The van der Waals surface area contributed by atoms with Gasteiger partial charge in [0.2, 0.25) is 11.8 Å². The van der Waals surface area contributed by atoms with Gasteiger partial charge in [0.15, 0.2) is 0 Å². The van der Waals surface area contributed by atoms with Crippen molar-refractivity contribution in [3.05, 3.63) is 69.0 Å². The predicted octanol–water partition coefficient (Wildman–Crippen LogP) is 1.17. The predicted molar refractivity (Wildman–Crippen MR) is 106 cm³/mol. The van der Waals surface area contributed by atoms with Crippen LogP contribution in [0.5, 0.6) is 5.75 Å². The highest BCUT2D eigenvalue weighted by atomic mass is 16.5. The van der Waals surface area contributed by atoms with Crippen LogP contribution in [0.1, 0.15) is 23.7 Å². The number of hydrogen-bond acceptors (Lipinski definition) is 6. The molecule has 2 N–H and O–H groups in total. The number of para-hydroxylation sites is 1. The first kappa shape index (κ1) is 18.8. The number of benzene rings is 1. The molecule has 4 rings (SSSR count). The van der Waals surface area contributed by atoms with Crippen LogP contribution in [0.15, 0.2) is 46.6 Å². The molecule has 1 atom stereocenters. The Morgan fingerprint density at radius 1 is 1.28 bits per heavy atom. The largest absolute Gasteiger partial charge is 0.465 e. The van der Waals surface area contributed by atoms with Gasteiger partial charge in [-0.3, -0.25) is 9.59 Å². The van der Waals surface area contributed by atoms with Crippen molar-refractivity contribution in [2.75, 3.05) is 19.1 Å². The number of methoxy groups -OCH3 is 1. The Bertz CT molecular complexity index is 1160. The first-order valence-electron chi connectivity index (χ1n) is 9.19. The molecule has 0 aliphatic carbocycles. The lowest BCUT2D eigenvalue weighted by Gasteiger charge is -2.35. The van der Waals surface area contributed by atoms with E-state index in [2.05, 4.69) is 0 Å². The van der Waals surface area contributed by atoms with E-state index in [1.165, 1.54) is 16.6 Å². The third-order valence-electron chi connectivity index (χ3n) is 5.69. The van der Waals surface area contributed by atoms with Gasteiger partial charge in [-0.1, -0.05) is 18.2 Å². The maximum atomic E-state index is 13.7. The van der Waals surface area contributed by atoms with E-state index in [-0.39, 0.29) is 22.8 Å². The van der Waals surface area contributed by atoms with E-state index in [9.17, 15) is 14.4 Å². The Hall–Kier alpha value is -3.55. The molecule has 0 saturated carbocycles. The van der Waals surface area contributed by atoms with E-state index in [4.69, 9.17) is 15.2 Å². The van der Waals surface area contributed by atoms with Crippen LogP contribution in [0.4, 0.5) is 5.69 Å². The molecule has 0 fully saturated rings. The second kappa shape index (κ2) is 6.23. The van der Waals surface area contributed by atoms with Gasteiger partial charge in [0, 0.05) is 36.6 Å². The molecule has 1 spiro atoms. The summed E-state index contributed by atoms with van der Waals surface area (Å²) >= 11 is 0. The minimum absolute atomic E-state index is 0.0707. The third kappa shape index (κ3) is 2.16. The Balaban J connectivity index is 2.24. The monoisotopic (exact) mass is 395 g/mol. The zero-order valence-electron chi connectivity index (χ0n) is 16.6. The molecule has 2 aliphatic heterocycles. The molecule has 0 radical (unpaired) electrons. The van der Waals surface area contributed by atoms with Crippen LogP contribution in [-0.2, 0) is 26.3 Å². The van der Waals surface area contributed by atoms with Crippen LogP contribution in [0, 0.1) is 6.92 Å². The number of anilines is 1. The van der Waals surface area contributed by atoms with Crippen LogP contribution in [0.25, 0.3) is 0 Å². The van der Waals surface area contributed by atoms with Gasteiger partial charge in [-0.05, 0) is 19.9 Å². The summed E-state index contributed by atoms with van der Waals surface area (Å²) in [5.41, 5.74) is 5.62. The van der Waals surface area contributed by atoms with Crippen molar-refractivity contribution in [1.29, 1.82) is 0 Å². The normalized spacial score (nSPS) is 19.9. The van der Waals surface area contributed by atoms with Gasteiger partial charge in [-0.2, -0.15) is 0 Å². The number of aromatic nitrogens is 1. The number of esters is 1. The van der Waals surface area contributed by atoms with Gasteiger partial charge >= 0.3 is 5.97 Å². The minimum atomic E-state index is -1.74. The number of ether oxygens (including phenoxy) is 2. The molecule has 3 heterocycles. The van der Waals surface area contributed by atoms with E-state index in [0.717, 1.165) is 0 Å². The number of likely N-dealkylation sites (N-methyl/N-ethyl adjacent to an activating group) is 1. The summed E-state index contributed by atoms with van der Waals surface area (Å²) < 4.78 is 12.2. The van der Waals surface area contributed by atoms with Gasteiger partial charge in [-0.15, -0.1) is 0 Å². The fourth-order valence-electron chi connectivity index (χ4n) is 4.44. The number of fused-ring (bicyclic) bond motifs is 4. The molecular formula is C21H21N3O5. The third-order valence-corrected chi connectivity index (χ3v) is 5.69. The van der Waals surface area contributed by atoms with Crippen molar-refractivity contribution in [3.63, 3.8) is 0 Å². The molecule has 1 amide bonds. The number of amides is 1. The fraction of sp³-hybridized carbons (Fsp3) is 0.286. The Labute approximate surface area is 167 Å². The summed E-state index contributed by atoms with van der Waals surface area (Å²) in [7, 11) is 2.79. The summed E-state index contributed by atoms with van der Waals surface area (Å²) in [5.74, 6) is -1.37. The second-order valence-electron chi connectivity index (χ2n) is 7.04. The van der Waals surface area contributed by atoms with Gasteiger partial charge in [0.1, 0.15) is 16.7 Å². The number of nitrogens with two attached hydrogens (primary N) is 1. The highest BCUT2D eigenvalue weighted by molar-refractivity contribution is 6.18. The van der Waals surface area contributed by atoms with Crippen molar-refractivity contribution in [2.45, 2.75) is 25.8 Å². The Kier molecular flexibility index (Phi) is 4.04. The van der Waals surface area contributed by atoms with Crippen LogP contribution >= 0.6 is 0 Å². The highest BCUT2D eigenvalue weighted by Gasteiger charge is 2.61.